The number of hydrogen-bond donors (Lipinski definition) is 1. The lowest BCUT2D eigenvalue weighted by molar-refractivity contribution is 0.102. The van der Waals surface area contributed by atoms with E-state index in [-0.39, 0.29) is 40.5 Å². The number of hydrogen-bond acceptors (Lipinski definition) is 4. The molecular weight excluding hydrogens is 492 g/mol. The fourth-order valence-electron chi connectivity index (χ4n) is 3.36. The molecule has 180 valence electrons. The van der Waals surface area contributed by atoms with Crippen molar-refractivity contribution in [3.63, 3.8) is 0 Å². The van der Waals surface area contributed by atoms with Crippen LogP contribution < -0.4 is 14.8 Å². The van der Waals surface area contributed by atoms with Gasteiger partial charge in [-0.1, -0.05) is 41.4 Å². The van der Waals surface area contributed by atoms with E-state index < -0.39 is 5.82 Å². The highest BCUT2D eigenvalue weighted by atomic mass is 35.5. The van der Waals surface area contributed by atoms with Crippen molar-refractivity contribution in [1.29, 1.82) is 0 Å². The largest absolute Gasteiger partial charge is 0.494 e. The van der Waals surface area contributed by atoms with E-state index in [1.54, 1.807) is 24.3 Å². The Morgan fingerprint density at radius 1 is 1.00 bits per heavy atom. The number of amides is 1. The first kappa shape index (κ1) is 24.6. The molecule has 9 heteroatoms. The zero-order chi connectivity index (χ0) is 24.8. The number of benzene rings is 3. The van der Waals surface area contributed by atoms with Crippen molar-refractivity contribution < 1.29 is 18.7 Å². The first-order valence-corrected chi connectivity index (χ1v) is 11.6. The van der Waals surface area contributed by atoms with Crippen molar-refractivity contribution in [1.82, 2.24) is 9.78 Å². The van der Waals surface area contributed by atoms with Crippen LogP contribution >= 0.6 is 23.2 Å². The van der Waals surface area contributed by atoms with E-state index in [0.29, 0.717) is 17.9 Å². The smallest absolute Gasteiger partial charge is 0.256 e. The highest BCUT2D eigenvalue weighted by Crippen LogP contribution is 2.24. The minimum Gasteiger partial charge on any atom is -0.494 e. The topological polar surface area (TPSA) is 65.4 Å². The minimum atomic E-state index is -0.445. The van der Waals surface area contributed by atoms with Gasteiger partial charge in [0.2, 0.25) is 0 Å². The molecule has 0 aliphatic carbocycles. The molecule has 0 atom stereocenters. The number of carbonyl (C=O) groups excluding carboxylic acids is 1. The maximum atomic E-state index is 14.1. The summed E-state index contributed by atoms with van der Waals surface area (Å²) in [6.07, 6.45) is 1.50. The van der Waals surface area contributed by atoms with Crippen molar-refractivity contribution >= 4 is 34.9 Å². The summed E-state index contributed by atoms with van der Waals surface area (Å²) in [5, 5.41) is 7.47. The van der Waals surface area contributed by atoms with Gasteiger partial charge in [-0.05, 0) is 61.0 Å². The van der Waals surface area contributed by atoms with E-state index in [0.717, 1.165) is 11.3 Å². The highest BCUT2D eigenvalue weighted by molar-refractivity contribution is 6.33. The van der Waals surface area contributed by atoms with Crippen molar-refractivity contribution in [3.05, 3.63) is 105 Å². The quantitative estimate of drug-likeness (QED) is 0.273. The zero-order valence-corrected chi connectivity index (χ0v) is 20.3. The maximum absolute atomic E-state index is 14.1. The van der Waals surface area contributed by atoms with Crippen LogP contribution in [0, 0.1) is 5.82 Å². The monoisotopic (exact) mass is 513 g/mol. The zero-order valence-electron chi connectivity index (χ0n) is 18.8. The number of nitrogens with zero attached hydrogens (tertiary/aromatic N) is 2. The standard InChI is InChI=1S/C26H22Cl2FN3O3/c1-2-34-19-9-11-20(12-10-19)35-16-17-5-3-6-18(13-17)26(33)30-25-23(28)15-32(31-25)14-21-22(27)7-4-8-24(21)29/h3-13,15H,2,14,16H2,1H3,(H,30,31,33). The fourth-order valence-corrected chi connectivity index (χ4v) is 3.78. The molecule has 0 saturated heterocycles. The summed E-state index contributed by atoms with van der Waals surface area (Å²) in [5.74, 6) is 0.801. The number of nitrogens with one attached hydrogen (secondary N) is 1. The van der Waals surface area contributed by atoms with Crippen molar-refractivity contribution in [3.8, 4) is 11.5 Å². The van der Waals surface area contributed by atoms with E-state index in [9.17, 15) is 9.18 Å². The van der Waals surface area contributed by atoms with Crippen molar-refractivity contribution in [2.45, 2.75) is 20.1 Å². The lowest BCUT2D eigenvalue weighted by Gasteiger charge is -2.09. The van der Waals surface area contributed by atoms with Gasteiger partial charge in [0.15, 0.2) is 5.82 Å². The van der Waals surface area contributed by atoms with Gasteiger partial charge in [0, 0.05) is 22.3 Å². The molecule has 4 aromatic rings. The van der Waals surface area contributed by atoms with E-state index in [1.807, 2.05) is 37.3 Å². The van der Waals surface area contributed by atoms with Crippen molar-refractivity contribution in [2.75, 3.05) is 11.9 Å². The third kappa shape index (κ3) is 6.32. The molecule has 1 heterocycles. The van der Waals surface area contributed by atoms with E-state index >= 15 is 0 Å². The Labute approximate surface area is 212 Å². The number of halogens is 3. The Morgan fingerprint density at radius 2 is 1.71 bits per heavy atom. The third-order valence-corrected chi connectivity index (χ3v) is 5.69. The van der Waals surface area contributed by atoms with Gasteiger partial charge >= 0.3 is 0 Å². The van der Waals surface area contributed by atoms with Crippen LogP contribution in [0.5, 0.6) is 11.5 Å². The van der Waals surface area contributed by atoms with Gasteiger partial charge in [-0.2, -0.15) is 5.10 Å². The van der Waals surface area contributed by atoms with Crippen LogP contribution in [-0.2, 0) is 13.2 Å². The molecule has 0 aliphatic heterocycles. The number of rotatable bonds is 9. The predicted molar refractivity (Wildman–Crippen MR) is 134 cm³/mol. The maximum Gasteiger partial charge on any atom is 0.256 e. The van der Waals surface area contributed by atoms with Gasteiger partial charge in [0.25, 0.3) is 5.91 Å². The van der Waals surface area contributed by atoms with Gasteiger partial charge in [-0.15, -0.1) is 0 Å². The molecule has 1 aromatic heterocycles. The molecule has 0 spiro atoms. The summed E-state index contributed by atoms with van der Waals surface area (Å²) in [6, 6.07) is 18.8. The predicted octanol–water partition coefficient (Wildman–Crippen LogP) is 6.61. The Kier molecular flexibility index (Phi) is 7.90. The SMILES string of the molecule is CCOc1ccc(OCc2cccc(C(=O)Nc3nn(Cc4c(F)cccc4Cl)cc3Cl)c2)cc1. The average Bonchev–Trinajstić information content (AvgIpc) is 3.20. The molecule has 6 nitrogen and oxygen atoms in total. The van der Waals surface area contributed by atoms with Gasteiger partial charge in [0.1, 0.15) is 28.9 Å². The molecule has 0 saturated carbocycles. The molecule has 4 rings (SSSR count). The molecule has 1 N–H and O–H groups in total. The number of ether oxygens (including phenoxy) is 2. The van der Waals surface area contributed by atoms with Gasteiger partial charge in [0.05, 0.1) is 13.2 Å². The summed E-state index contributed by atoms with van der Waals surface area (Å²) in [6.45, 7) is 2.88. The lowest BCUT2D eigenvalue weighted by Crippen LogP contribution is -2.14. The fraction of sp³-hybridized carbons (Fsp3) is 0.154. The van der Waals surface area contributed by atoms with Crippen LogP contribution in [0.15, 0.2) is 72.9 Å². The average molecular weight is 514 g/mol. The highest BCUT2D eigenvalue weighted by Gasteiger charge is 2.15. The molecule has 0 radical (unpaired) electrons. The number of carbonyl (C=O) groups is 1. The summed E-state index contributed by atoms with van der Waals surface area (Å²) in [5.41, 5.74) is 1.52. The first-order chi connectivity index (χ1) is 16.9. The van der Waals surface area contributed by atoms with Crippen molar-refractivity contribution in [2.24, 2.45) is 0 Å². The second-order valence-corrected chi connectivity index (χ2v) is 8.39. The molecule has 0 bridgehead atoms. The second-order valence-electron chi connectivity index (χ2n) is 7.57. The molecule has 0 unspecified atom stereocenters. The van der Waals surface area contributed by atoms with Crippen LogP contribution in [0.1, 0.15) is 28.4 Å². The van der Waals surface area contributed by atoms with Gasteiger partial charge in [-0.25, -0.2) is 4.39 Å². The molecule has 0 aliphatic rings. The van der Waals surface area contributed by atoms with Crippen LogP contribution in [0.4, 0.5) is 10.2 Å². The molecule has 1 amide bonds. The summed E-state index contributed by atoms with van der Waals surface area (Å²) >= 11 is 12.3. The number of aromatic nitrogens is 2. The van der Waals surface area contributed by atoms with E-state index in [4.69, 9.17) is 32.7 Å². The minimum absolute atomic E-state index is 0.0689. The normalized spacial score (nSPS) is 10.7. The molecule has 0 fully saturated rings. The van der Waals surface area contributed by atoms with Crippen LogP contribution in [0.25, 0.3) is 0 Å². The van der Waals surface area contributed by atoms with E-state index in [2.05, 4.69) is 10.4 Å². The first-order valence-electron chi connectivity index (χ1n) is 10.8. The van der Waals surface area contributed by atoms with Gasteiger partial charge < -0.3 is 14.8 Å². The van der Waals surface area contributed by atoms with Crippen LogP contribution in [0.3, 0.4) is 0 Å². The Morgan fingerprint density at radius 3 is 2.43 bits per heavy atom. The lowest BCUT2D eigenvalue weighted by atomic mass is 10.1. The summed E-state index contributed by atoms with van der Waals surface area (Å²) < 4.78 is 26.7. The molecular formula is C26H22Cl2FN3O3. The molecule has 35 heavy (non-hydrogen) atoms. The second kappa shape index (κ2) is 11.3. The molecule has 3 aromatic carbocycles. The third-order valence-electron chi connectivity index (χ3n) is 5.06. The van der Waals surface area contributed by atoms with Crippen LogP contribution in [-0.4, -0.2) is 22.3 Å². The Hall–Kier alpha value is -3.55. The van der Waals surface area contributed by atoms with E-state index in [1.165, 1.54) is 23.0 Å². The Bertz CT molecular complexity index is 1310. The summed E-state index contributed by atoms with van der Waals surface area (Å²) in [4.78, 5) is 12.8. The number of anilines is 1. The van der Waals surface area contributed by atoms with Crippen LogP contribution in [0.2, 0.25) is 10.0 Å². The summed E-state index contributed by atoms with van der Waals surface area (Å²) in [7, 11) is 0. The van der Waals surface area contributed by atoms with Gasteiger partial charge in [-0.3, -0.25) is 9.48 Å². The Balaban J connectivity index is 1.40.